The number of halogens is 1. The van der Waals surface area contributed by atoms with Crippen LogP contribution in [0.4, 0.5) is 4.39 Å². The third-order valence-corrected chi connectivity index (χ3v) is 6.18. The SMILES string of the molecule is O=C(NCCSCc1ccccc1F)C1CCCN1C(=O)c1cccs1. The van der Waals surface area contributed by atoms with Crippen LogP contribution in [0.5, 0.6) is 0 Å². The Morgan fingerprint density at radius 3 is 2.88 bits per heavy atom. The summed E-state index contributed by atoms with van der Waals surface area (Å²) in [5.74, 6) is 0.920. The summed E-state index contributed by atoms with van der Waals surface area (Å²) in [5.41, 5.74) is 0.673. The zero-order valence-corrected chi connectivity index (χ0v) is 16.0. The highest BCUT2D eigenvalue weighted by Crippen LogP contribution is 2.22. The summed E-state index contributed by atoms with van der Waals surface area (Å²) in [5, 5.41) is 4.78. The summed E-state index contributed by atoms with van der Waals surface area (Å²) in [6, 6.07) is 9.97. The molecule has 2 amide bonds. The second kappa shape index (κ2) is 9.19. The fourth-order valence-corrected chi connectivity index (χ4v) is 4.51. The van der Waals surface area contributed by atoms with Crippen LogP contribution >= 0.6 is 23.1 Å². The summed E-state index contributed by atoms with van der Waals surface area (Å²) in [7, 11) is 0. The van der Waals surface area contributed by atoms with E-state index in [0.29, 0.717) is 41.5 Å². The van der Waals surface area contributed by atoms with Gasteiger partial charge in [-0.1, -0.05) is 24.3 Å². The molecule has 2 aromatic rings. The minimum absolute atomic E-state index is 0.0634. The van der Waals surface area contributed by atoms with Crippen molar-refractivity contribution < 1.29 is 14.0 Å². The van der Waals surface area contributed by atoms with E-state index in [1.807, 2.05) is 17.5 Å². The molecular formula is C19H21FN2O2S2. The summed E-state index contributed by atoms with van der Waals surface area (Å²) in [6.45, 7) is 1.13. The Labute approximate surface area is 160 Å². The van der Waals surface area contributed by atoms with Crippen molar-refractivity contribution in [2.45, 2.75) is 24.6 Å². The average Bonchev–Trinajstić information content (AvgIpc) is 3.34. The molecule has 1 saturated heterocycles. The molecular weight excluding hydrogens is 371 g/mol. The van der Waals surface area contributed by atoms with Crippen LogP contribution in [0, 0.1) is 5.82 Å². The van der Waals surface area contributed by atoms with Crippen molar-refractivity contribution in [1.29, 1.82) is 0 Å². The van der Waals surface area contributed by atoms with Crippen molar-refractivity contribution in [3.8, 4) is 0 Å². The maximum Gasteiger partial charge on any atom is 0.264 e. The molecule has 0 aliphatic carbocycles. The molecule has 1 fully saturated rings. The van der Waals surface area contributed by atoms with Crippen molar-refractivity contribution in [2.75, 3.05) is 18.8 Å². The molecule has 0 saturated carbocycles. The summed E-state index contributed by atoms with van der Waals surface area (Å²) >= 11 is 2.97. The van der Waals surface area contributed by atoms with Crippen LogP contribution < -0.4 is 5.32 Å². The van der Waals surface area contributed by atoms with E-state index >= 15 is 0 Å². The molecule has 0 spiro atoms. The van der Waals surface area contributed by atoms with Gasteiger partial charge in [0.2, 0.25) is 5.91 Å². The van der Waals surface area contributed by atoms with E-state index in [4.69, 9.17) is 0 Å². The van der Waals surface area contributed by atoms with E-state index in [0.717, 1.165) is 6.42 Å². The molecule has 1 aliphatic heterocycles. The Hall–Kier alpha value is -1.86. The van der Waals surface area contributed by atoms with Crippen molar-refractivity contribution in [3.63, 3.8) is 0 Å². The number of hydrogen-bond donors (Lipinski definition) is 1. The Kier molecular flexibility index (Phi) is 6.68. The average molecular weight is 393 g/mol. The highest BCUT2D eigenvalue weighted by atomic mass is 32.2. The highest BCUT2D eigenvalue weighted by Gasteiger charge is 2.34. The first-order valence-corrected chi connectivity index (χ1v) is 10.6. The molecule has 1 N–H and O–H groups in total. The van der Waals surface area contributed by atoms with Crippen LogP contribution in [-0.4, -0.2) is 41.6 Å². The Morgan fingerprint density at radius 1 is 1.27 bits per heavy atom. The van der Waals surface area contributed by atoms with E-state index in [9.17, 15) is 14.0 Å². The van der Waals surface area contributed by atoms with Gasteiger partial charge in [0, 0.05) is 24.6 Å². The smallest absolute Gasteiger partial charge is 0.264 e. The van der Waals surface area contributed by atoms with Gasteiger partial charge in [-0.05, 0) is 35.9 Å². The van der Waals surface area contributed by atoms with Crippen molar-refractivity contribution in [3.05, 3.63) is 58.0 Å². The summed E-state index contributed by atoms with van der Waals surface area (Å²) in [6.07, 6.45) is 1.54. The third-order valence-electron chi connectivity index (χ3n) is 4.31. The van der Waals surface area contributed by atoms with E-state index < -0.39 is 0 Å². The maximum atomic E-state index is 13.5. The fourth-order valence-electron chi connectivity index (χ4n) is 2.99. The number of carbonyl (C=O) groups excluding carboxylic acids is 2. The molecule has 1 aliphatic rings. The van der Waals surface area contributed by atoms with Gasteiger partial charge in [-0.15, -0.1) is 11.3 Å². The van der Waals surface area contributed by atoms with Crippen molar-refractivity contribution in [1.82, 2.24) is 10.2 Å². The predicted molar refractivity (Wildman–Crippen MR) is 104 cm³/mol. The van der Waals surface area contributed by atoms with E-state index in [1.165, 1.54) is 17.4 Å². The van der Waals surface area contributed by atoms with Gasteiger partial charge in [-0.2, -0.15) is 11.8 Å². The van der Waals surface area contributed by atoms with Gasteiger partial charge < -0.3 is 10.2 Å². The quantitative estimate of drug-likeness (QED) is 0.733. The topological polar surface area (TPSA) is 49.4 Å². The minimum Gasteiger partial charge on any atom is -0.353 e. The summed E-state index contributed by atoms with van der Waals surface area (Å²) in [4.78, 5) is 27.3. The number of nitrogens with one attached hydrogen (secondary N) is 1. The van der Waals surface area contributed by atoms with Gasteiger partial charge in [0.15, 0.2) is 0 Å². The van der Waals surface area contributed by atoms with Gasteiger partial charge in [-0.25, -0.2) is 4.39 Å². The van der Waals surface area contributed by atoms with E-state index in [1.54, 1.807) is 34.9 Å². The second-order valence-corrected chi connectivity index (χ2v) is 8.12. The number of nitrogens with zero attached hydrogens (tertiary/aromatic N) is 1. The molecule has 1 aromatic heterocycles. The van der Waals surface area contributed by atoms with Crippen molar-refractivity contribution in [2.24, 2.45) is 0 Å². The van der Waals surface area contributed by atoms with Crippen molar-refractivity contribution >= 4 is 34.9 Å². The molecule has 138 valence electrons. The highest BCUT2D eigenvalue weighted by molar-refractivity contribution is 7.98. The number of likely N-dealkylation sites (tertiary alicyclic amines) is 1. The Bertz CT molecular complexity index is 752. The number of thiophene rings is 1. The van der Waals surface area contributed by atoms with Gasteiger partial charge in [0.05, 0.1) is 4.88 Å². The molecule has 1 unspecified atom stereocenters. The number of benzene rings is 1. The molecule has 1 atom stereocenters. The largest absolute Gasteiger partial charge is 0.353 e. The first-order valence-electron chi connectivity index (χ1n) is 8.60. The number of rotatable bonds is 7. The Morgan fingerprint density at radius 2 is 2.12 bits per heavy atom. The van der Waals surface area contributed by atoms with E-state index in [-0.39, 0.29) is 23.7 Å². The number of carbonyl (C=O) groups is 2. The lowest BCUT2D eigenvalue weighted by molar-refractivity contribution is -0.124. The standard InChI is InChI=1S/C19H21FN2O2S2/c20-15-6-2-1-5-14(15)13-25-12-9-21-18(23)16-7-3-10-22(16)19(24)17-8-4-11-26-17/h1-2,4-6,8,11,16H,3,7,9-10,12-13H2,(H,21,23). The van der Waals surface area contributed by atoms with E-state index in [2.05, 4.69) is 5.32 Å². The van der Waals surface area contributed by atoms with Gasteiger partial charge in [0.1, 0.15) is 11.9 Å². The normalized spacial score (nSPS) is 16.7. The van der Waals surface area contributed by atoms with Crippen LogP contribution in [-0.2, 0) is 10.5 Å². The minimum atomic E-state index is -0.388. The van der Waals surface area contributed by atoms with Gasteiger partial charge in [0.25, 0.3) is 5.91 Å². The molecule has 3 rings (SSSR count). The van der Waals surface area contributed by atoms with Crippen LogP contribution in [0.15, 0.2) is 41.8 Å². The number of hydrogen-bond acceptors (Lipinski definition) is 4. The zero-order valence-electron chi connectivity index (χ0n) is 14.3. The number of thioether (sulfide) groups is 1. The molecule has 7 heteroatoms. The first kappa shape index (κ1) is 18.9. The predicted octanol–water partition coefficient (Wildman–Crippen LogP) is 3.54. The maximum absolute atomic E-state index is 13.5. The lowest BCUT2D eigenvalue weighted by Gasteiger charge is -2.23. The zero-order chi connectivity index (χ0) is 18.4. The third kappa shape index (κ3) is 4.65. The molecule has 26 heavy (non-hydrogen) atoms. The van der Waals surface area contributed by atoms with Crippen LogP contribution in [0.3, 0.4) is 0 Å². The molecule has 2 heterocycles. The van der Waals surface area contributed by atoms with Crippen LogP contribution in [0.1, 0.15) is 28.1 Å². The molecule has 1 aromatic carbocycles. The van der Waals surface area contributed by atoms with Crippen LogP contribution in [0.25, 0.3) is 0 Å². The van der Waals surface area contributed by atoms with Gasteiger partial charge in [-0.3, -0.25) is 9.59 Å². The molecule has 0 bridgehead atoms. The second-order valence-electron chi connectivity index (χ2n) is 6.07. The molecule has 0 radical (unpaired) electrons. The molecule has 4 nitrogen and oxygen atoms in total. The number of amides is 2. The van der Waals surface area contributed by atoms with Crippen LogP contribution in [0.2, 0.25) is 0 Å². The summed E-state index contributed by atoms with van der Waals surface area (Å²) < 4.78 is 13.5. The Balaban J connectivity index is 1.43. The monoisotopic (exact) mass is 392 g/mol. The lowest BCUT2D eigenvalue weighted by atomic mass is 10.2. The van der Waals surface area contributed by atoms with Gasteiger partial charge >= 0.3 is 0 Å². The first-order chi connectivity index (χ1) is 12.7. The lowest BCUT2D eigenvalue weighted by Crippen LogP contribution is -2.46. The fraction of sp³-hybridized carbons (Fsp3) is 0.368.